The van der Waals surface area contributed by atoms with Crippen molar-refractivity contribution in [3.8, 4) is 5.75 Å². The van der Waals surface area contributed by atoms with Crippen LogP contribution in [-0.4, -0.2) is 62.7 Å². The second-order valence-electron chi connectivity index (χ2n) is 8.78. The normalized spacial score (nSPS) is 14.8. The minimum atomic E-state index is -4.27. The molecule has 9 nitrogen and oxygen atoms in total. The molecule has 0 radical (unpaired) electrons. The number of hydrogen-bond donors (Lipinski definition) is 0. The summed E-state index contributed by atoms with van der Waals surface area (Å²) < 4.78 is 49.2. The number of rotatable bonds is 9. The molecule has 0 bridgehead atoms. The van der Waals surface area contributed by atoms with Crippen LogP contribution in [-0.2, 0) is 25.8 Å². The standard InChI is InChI=1S/C18H27INO5.C7H8O3S/c1-15(21)24-19(25-16(2)22)17-7-9-18(10-8-17)23-14-6-13-20(3)11-4-5-12-20;1-6-2-4-7(5-3-6)11(8,9)10/h7-10H,4-6,11-14H2,1-3H3;2-5H,1H3,(H,8,9,10)/q+1;/p-1. The van der Waals surface area contributed by atoms with Gasteiger partial charge in [0.25, 0.3) is 0 Å². The van der Waals surface area contributed by atoms with Crippen LogP contribution in [0.4, 0.5) is 0 Å². The topological polar surface area (TPSA) is 119 Å². The predicted octanol–water partition coefficient (Wildman–Crippen LogP) is 4.23. The maximum atomic E-state index is 11.2. The molecule has 0 amide bonds. The van der Waals surface area contributed by atoms with E-state index in [2.05, 4.69) is 7.05 Å². The minimum absolute atomic E-state index is 0.178. The molecule has 0 unspecified atom stereocenters. The van der Waals surface area contributed by atoms with E-state index in [1.165, 1.54) is 51.9 Å². The van der Waals surface area contributed by atoms with Crippen molar-refractivity contribution in [3.63, 3.8) is 0 Å². The van der Waals surface area contributed by atoms with E-state index in [-0.39, 0.29) is 4.90 Å². The van der Waals surface area contributed by atoms with E-state index in [0.29, 0.717) is 6.61 Å². The van der Waals surface area contributed by atoms with Gasteiger partial charge in [-0.05, 0) is 19.1 Å². The Labute approximate surface area is 221 Å². The summed E-state index contributed by atoms with van der Waals surface area (Å²) in [7, 11) is -1.95. The van der Waals surface area contributed by atoms with Crippen molar-refractivity contribution in [2.75, 3.05) is 33.3 Å². The van der Waals surface area contributed by atoms with Gasteiger partial charge in [-0.2, -0.15) is 0 Å². The van der Waals surface area contributed by atoms with Gasteiger partial charge in [0, 0.05) is 0 Å². The van der Waals surface area contributed by atoms with E-state index >= 15 is 0 Å². The van der Waals surface area contributed by atoms with Crippen molar-refractivity contribution in [1.82, 2.24) is 0 Å². The Kier molecular flexibility index (Phi) is 11.6. The molecule has 0 aliphatic carbocycles. The summed E-state index contributed by atoms with van der Waals surface area (Å²) in [4.78, 5) is 22.2. The summed E-state index contributed by atoms with van der Waals surface area (Å²) in [6.07, 6.45) is 3.68. The SMILES string of the molecule is CC(=O)OI(OC(C)=O)c1ccc(OCCC[N+]2(C)CCCC2)cc1.Cc1ccc(S(=O)(=O)[O-])cc1. The molecule has 0 atom stereocenters. The van der Waals surface area contributed by atoms with Crippen LogP contribution in [0.2, 0.25) is 0 Å². The third-order valence-electron chi connectivity index (χ3n) is 5.42. The van der Waals surface area contributed by atoms with E-state index in [1.807, 2.05) is 19.1 Å². The first-order valence-electron chi connectivity index (χ1n) is 11.5. The Morgan fingerprint density at radius 3 is 1.94 bits per heavy atom. The molecular weight excluding hydrogens is 601 g/mol. The monoisotopic (exact) mass is 635 g/mol. The zero-order valence-corrected chi connectivity index (χ0v) is 24.0. The van der Waals surface area contributed by atoms with Gasteiger partial charge in [-0.3, -0.25) is 0 Å². The summed E-state index contributed by atoms with van der Waals surface area (Å²) in [6.45, 7) is 8.82. The Hall–Kier alpha value is -2.22. The van der Waals surface area contributed by atoms with Gasteiger partial charge in [0.2, 0.25) is 0 Å². The quantitative estimate of drug-likeness (QED) is 0.174. The van der Waals surface area contributed by atoms with Gasteiger partial charge in [-0.15, -0.1) is 0 Å². The van der Waals surface area contributed by atoms with E-state index in [9.17, 15) is 22.6 Å². The Morgan fingerprint density at radius 2 is 1.47 bits per heavy atom. The van der Waals surface area contributed by atoms with Crippen LogP contribution in [0.25, 0.3) is 0 Å². The van der Waals surface area contributed by atoms with Gasteiger partial charge < -0.3 is 4.55 Å². The summed E-state index contributed by atoms with van der Waals surface area (Å²) in [6, 6.07) is 13.1. The molecule has 1 fully saturated rings. The van der Waals surface area contributed by atoms with E-state index < -0.39 is 42.7 Å². The first-order valence-corrected chi connectivity index (χ1v) is 15.8. The number of benzene rings is 2. The van der Waals surface area contributed by atoms with Gasteiger partial charge in [0.15, 0.2) is 0 Å². The third-order valence-corrected chi connectivity index (χ3v) is 10.0. The fourth-order valence-corrected chi connectivity index (χ4v) is 6.74. The molecular formula is C25H34INO8S. The first-order chi connectivity index (χ1) is 16.9. The Morgan fingerprint density at radius 1 is 0.944 bits per heavy atom. The van der Waals surface area contributed by atoms with Crippen LogP contribution < -0.4 is 4.74 Å². The molecule has 0 N–H and O–H groups in total. The number of carbonyl (C=O) groups is 2. The molecule has 2 aromatic rings. The van der Waals surface area contributed by atoms with Crippen LogP contribution >= 0.6 is 20.6 Å². The minimum Gasteiger partial charge on any atom is -0.744 e. The summed E-state index contributed by atoms with van der Waals surface area (Å²) in [5, 5.41) is 0. The maximum absolute atomic E-state index is 11.2. The average molecular weight is 636 g/mol. The molecule has 1 aliphatic heterocycles. The van der Waals surface area contributed by atoms with Crippen molar-refractivity contribution < 1.29 is 37.9 Å². The molecule has 0 saturated carbocycles. The summed E-state index contributed by atoms with van der Waals surface area (Å²) in [5.41, 5.74) is 0.928. The summed E-state index contributed by atoms with van der Waals surface area (Å²) in [5.74, 6) is -0.107. The largest absolute Gasteiger partial charge is 0.744 e. The van der Waals surface area contributed by atoms with Gasteiger partial charge in [-0.25, -0.2) is 8.42 Å². The first kappa shape index (κ1) is 30.0. The molecule has 3 rings (SSSR count). The number of quaternary nitrogens is 1. The van der Waals surface area contributed by atoms with E-state index in [0.717, 1.165) is 32.3 Å². The van der Waals surface area contributed by atoms with Gasteiger partial charge in [0.05, 0.1) is 4.90 Å². The van der Waals surface area contributed by atoms with Crippen molar-refractivity contribution >= 4 is 42.7 Å². The molecule has 1 saturated heterocycles. The number of carbonyl (C=O) groups excluding carboxylic acids is 2. The predicted molar refractivity (Wildman–Crippen MR) is 142 cm³/mol. The third kappa shape index (κ3) is 10.8. The van der Waals surface area contributed by atoms with Crippen molar-refractivity contribution in [2.45, 2.75) is 44.9 Å². The van der Waals surface area contributed by atoms with E-state index in [4.69, 9.17) is 10.9 Å². The molecule has 0 spiro atoms. The average Bonchev–Trinajstić information content (AvgIpc) is 3.23. The van der Waals surface area contributed by atoms with Crippen molar-refractivity contribution in [1.29, 1.82) is 0 Å². The second kappa shape index (κ2) is 13.9. The molecule has 1 aliphatic rings. The Bertz CT molecular complexity index is 1080. The van der Waals surface area contributed by atoms with Crippen LogP contribution in [0, 0.1) is 10.5 Å². The number of aryl methyl sites for hydroxylation is 1. The molecule has 0 aromatic heterocycles. The fraction of sp³-hybridized carbons (Fsp3) is 0.440. The molecule has 200 valence electrons. The molecule has 36 heavy (non-hydrogen) atoms. The number of halogens is 1. The van der Waals surface area contributed by atoms with Crippen molar-refractivity contribution in [3.05, 3.63) is 57.7 Å². The van der Waals surface area contributed by atoms with Gasteiger partial charge in [0.1, 0.15) is 10.1 Å². The number of ether oxygens (including phenoxy) is 1. The zero-order valence-electron chi connectivity index (χ0n) is 21.1. The number of likely N-dealkylation sites (tertiary alicyclic amines) is 1. The van der Waals surface area contributed by atoms with Crippen LogP contribution in [0.1, 0.15) is 38.7 Å². The molecule has 2 aromatic carbocycles. The second-order valence-corrected chi connectivity index (χ2v) is 13.5. The molecule has 1 heterocycles. The fourth-order valence-electron chi connectivity index (χ4n) is 3.60. The number of hydrogen-bond acceptors (Lipinski definition) is 8. The number of nitrogens with zero attached hydrogens (tertiary/aromatic N) is 1. The van der Waals surface area contributed by atoms with Crippen molar-refractivity contribution in [2.24, 2.45) is 0 Å². The molecule has 11 heteroatoms. The van der Waals surface area contributed by atoms with Crippen LogP contribution in [0.5, 0.6) is 5.75 Å². The van der Waals surface area contributed by atoms with Crippen LogP contribution in [0.3, 0.4) is 0 Å². The van der Waals surface area contributed by atoms with Gasteiger partial charge >= 0.3 is 158 Å². The smallest absolute Gasteiger partial charge is 0.124 e. The van der Waals surface area contributed by atoms with E-state index in [1.54, 1.807) is 24.3 Å². The Balaban J connectivity index is 0.000000346. The van der Waals surface area contributed by atoms with Crippen LogP contribution in [0.15, 0.2) is 53.4 Å². The zero-order chi connectivity index (χ0) is 26.8. The maximum Gasteiger partial charge on any atom is 0.124 e. The van der Waals surface area contributed by atoms with Gasteiger partial charge in [-0.1, -0.05) is 17.7 Å². The summed E-state index contributed by atoms with van der Waals surface area (Å²) >= 11 is -2.74.